The Labute approximate surface area is 163 Å². The van der Waals surface area contributed by atoms with Gasteiger partial charge in [-0.1, -0.05) is 12.1 Å². The fraction of sp³-hybridized carbons (Fsp3) is 0.263. The molecular weight excluding hydrogens is 391 g/mol. The molecular formula is C19H18F3N3O2S. The summed E-state index contributed by atoms with van der Waals surface area (Å²) in [5.41, 5.74) is 2.17. The average Bonchev–Trinajstić information content (AvgIpc) is 2.98. The number of anilines is 1. The van der Waals surface area contributed by atoms with Gasteiger partial charge >= 0.3 is 6.18 Å². The minimum absolute atomic E-state index is 0.0817. The molecule has 0 aliphatic heterocycles. The fourth-order valence-corrected chi connectivity index (χ4v) is 3.16. The van der Waals surface area contributed by atoms with Crippen LogP contribution < -0.4 is 10.1 Å². The lowest BCUT2D eigenvalue weighted by atomic mass is 10.3. The number of benzene rings is 2. The number of thioether (sulfide) groups is 1. The van der Waals surface area contributed by atoms with E-state index < -0.39 is 12.8 Å². The van der Waals surface area contributed by atoms with E-state index in [1.165, 1.54) is 24.3 Å². The summed E-state index contributed by atoms with van der Waals surface area (Å²) in [6.07, 6.45) is -2.43. The van der Waals surface area contributed by atoms with Crippen LogP contribution in [0.4, 0.5) is 18.9 Å². The highest BCUT2D eigenvalue weighted by atomic mass is 32.2. The molecule has 1 N–H and O–H groups in total. The van der Waals surface area contributed by atoms with Gasteiger partial charge in [0.25, 0.3) is 0 Å². The molecule has 1 heterocycles. The molecule has 3 rings (SSSR count). The lowest BCUT2D eigenvalue weighted by Gasteiger charge is -2.11. The number of nitrogens with zero attached hydrogens (tertiary/aromatic N) is 2. The molecule has 0 atom stereocenters. The Bertz CT molecular complexity index is 955. The molecule has 2 aromatic carbocycles. The number of imidazole rings is 1. The number of hydrogen-bond acceptors (Lipinski definition) is 4. The first kappa shape index (κ1) is 20.1. The molecule has 0 saturated heterocycles. The summed E-state index contributed by atoms with van der Waals surface area (Å²) in [5, 5.41) is 2.74. The van der Waals surface area contributed by atoms with Crippen molar-refractivity contribution in [2.75, 3.05) is 18.2 Å². The van der Waals surface area contributed by atoms with Gasteiger partial charge < -0.3 is 14.6 Å². The van der Waals surface area contributed by atoms with E-state index in [1.807, 2.05) is 35.1 Å². The lowest BCUT2D eigenvalue weighted by Crippen LogP contribution is -2.20. The zero-order chi connectivity index (χ0) is 20.1. The first-order valence-corrected chi connectivity index (χ1v) is 9.77. The van der Waals surface area contributed by atoms with Crippen LogP contribution in [-0.4, -0.2) is 34.5 Å². The van der Waals surface area contributed by atoms with Crippen LogP contribution in [0.5, 0.6) is 5.75 Å². The molecule has 0 bridgehead atoms. The molecule has 1 amide bonds. The SMILES string of the molecule is CSCc1nc2ccccc2n1CC(=O)Nc1ccc(OCC(F)(F)F)cc1. The highest BCUT2D eigenvalue weighted by Gasteiger charge is 2.28. The second-order valence-corrected chi connectivity index (χ2v) is 6.88. The van der Waals surface area contributed by atoms with E-state index in [0.717, 1.165) is 16.9 Å². The van der Waals surface area contributed by atoms with Crippen molar-refractivity contribution in [1.29, 1.82) is 0 Å². The first-order chi connectivity index (χ1) is 13.4. The van der Waals surface area contributed by atoms with Crippen molar-refractivity contribution in [3.05, 3.63) is 54.4 Å². The van der Waals surface area contributed by atoms with Crippen LogP contribution in [0.2, 0.25) is 0 Å². The molecule has 3 aromatic rings. The van der Waals surface area contributed by atoms with Gasteiger partial charge in [-0.25, -0.2) is 4.98 Å². The molecule has 0 radical (unpaired) electrons. The Kier molecular flexibility index (Phi) is 6.13. The number of hydrogen-bond donors (Lipinski definition) is 1. The van der Waals surface area contributed by atoms with Gasteiger partial charge in [0.2, 0.25) is 5.91 Å². The Morgan fingerprint density at radius 1 is 1.18 bits per heavy atom. The normalized spacial score (nSPS) is 11.6. The average molecular weight is 409 g/mol. The Morgan fingerprint density at radius 2 is 1.89 bits per heavy atom. The van der Waals surface area contributed by atoms with Crippen LogP contribution >= 0.6 is 11.8 Å². The Hall–Kier alpha value is -2.68. The predicted molar refractivity (Wildman–Crippen MR) is 104 cm³/mol. The highest BCUT2D eigenvalue weighted by Crippen LogP contribution is 2.21. The number of halogens is 3. The van der Waals surface area contributed by atoms with E-state index in [-0.39, 0.29) is 18.2 Å². The van der Waals surface area contributed by atoms with Gasteiger partial charge in [-0.05, 0) is 42.7 Å². The van der Waals surface area contributed by atoms with E-state index in [4.69, 9.17) is 0 Å². The number of alkyl halides is 3. The summed E-state index contributed by atoms with van der Waals surface area (Å²) in [6.45, 7) is -1.27. The van der Waals surface area contributed by atoms with Crippen LogP contribution in [0, 0.1) is 0 Å². The summed E-state index contributed by atoms with van der Waals surface area (Å²) in [4.78, 5) is 17.0. The summed E-state index contributed by atoms with van der Waals surface area (Å²) in [6, 6.07) is 13.3. The number of carbonyl (C=O) groups is 1. The smallest absolute Gasteiger partial charge is 0.422 e. The number of nitrogens with one attached hydrogen (secondary N) is 1. The summed E-state index contributed by atoms with van der Waals surface area (Å²) in [5.74, 6) is 1.31. The maximum absolute atomic E-state index is 12.5. The number of aromatic nitrogens is 2. The third-order valence-electron chi connectivity index (χ3n) is 3.85. The quantitative estimate of drug-likeness (QED) is 0.625. The van der Waals surface area contributed by atoms with Crippen LogP contribution in [0.25, 0.3) is 11.0 Å². The van der Waals surface area contributed by atoms with Gasteiger partial charge in [0.15, 0.2) is 6.61 Å². The van der Waals surface area contributed by atoms with Gasteiger partial charge in [0.1, 0.15) is 18.1 Å². The molecule has 5 nitrogen and oxygen atoms in total. The molecule has 0 spiro atoms. The van der Waals surface area contributed by atoms with Crippen molar-refractivity contribution in [1.82, 2.24) is 9.55 Å². The van der Waals surface area contributed by atoms with Crippen molar-refractivity contribution in [2.45, 2.75) is 18.5 Å². The summed E-state index contributed by atoms with van der Waals surface area (Å²) < 4.78 is 43.1. The highest BCUT2D eigenvalue weighted by molar-refractivity contribution is 7.97. The monoisotopic (exact) mass is 409 g/mol. The second kappa shape index (κ2) is 8.55. The van der Waals surface area contributed by atoms with E-state index in [0.29, 0.717) is 11.4 Å². The van der Waals surface area contributed by atoms with E-state index in [9.17, 15) is 18.0 Å². The predicted octanol–water partition coefficient (Wildman–Crippen LogP) is 4.48. The largest absolute Gasteiger partial charge is 0.484 e. The van der Waals surface area contributed by atoms with Crippen LogP contribution in [-0.2, 0) is 17.1 Å². The molecule has 28 heavy (non-hydrogen) atoms. The number of fused-ring (bicyclic) bond motifs is 1. The number of ether oxygens (including phenoxy) is 1. The Morgan fingerprint density at radius 3 is 2.57 bits per heavy atom. The molecule has 0 aliphatic carbocycles. The first-order valence-electron chi connectivity index (χ1n) is 8.38. The third-order valence-corrected chi connectivity index (χ3v) is 4.40. The van der Waals surface area contributed by atoms with E-state index >= 15 is 0 Å². The number of rotatable bonds is 7. The van der Waals surface area contributed by atoms with Crippen molar-refractivity contribution in [2.24, 2.45) is 0 Å². The lowest BCUT2D eigenvalue weighted by molar-refractivity contribution is -0.153. The zero-order valence-corrected chi connectivity index (χ0v) is 15.8. The molecule has 0 unspecified atom stereocenters. The Balaban J connectivity index is 1.67. The minimum atomic E-state index is -4.39. The van der Waals surface area contributed by atoms with Gasteiger partial charge in [-0.2, -0.15) is 24.9 Å². The zero-order valence-electron chi connectivity index (χ0n) is 15.0. The van der Waals surface area contributed by atoms with Gasteiger partial charge in [-0.3, -0.25) is 4.79 Å². The van der Waals surface area contributed by atoms with E-state index in [2.05, 4.69) is 15.0 Å². The van der Waals surface area contributed by atoms with Crippen LogP contribution in [0.15, 0.2) is 48.5 Å². The molecule has 9 heteroatoms. The number of carbonyl (C=O) groups excluding carboxylic acids is 1. The minimum Gasteiger partial charge on any atom is -0.484 e. The summed E-state index contributed by atoms with van der Waals surface area (Å²) in [7, 11) is 0. The van der Waals surface area contributed by atoms with Crippen molar-refractivity contribution >= 4 is 34.4 Å². The topological polar surface area (TPSA) is 56.2 Å². The maximum Gasteiger partial charge on any atom is 0.422 e. The molecule has 148 valence electrons. The molecule has 1 aromatic heterocycles. The van der Waals surface area contributed by atoms with Gasteiger partial charge in [-0.15, -0.1) is 0 Å². The van der Waals surface area contributed by atoms with Crippen molar-refractivity contribution < 1.29 is 22.7 Å². The van der Waals surface area contributed by atoms with Crippen LogP contribution in [0.1, 0.15) is 5.82 Å². The molecule has 0 fully saturated rings. The maximum atomic E-state index is 12.5. The van der Waals surface area contributed by atoms with Gasteiger partial charge in [0.05, 0.1) is 16.8 Å². The number of para-hydroxylation sites is 2. The standard InChI is InChI=1S/C19H18F3N3O2S/c1-28-11-17-24-15-4-2-3-5-16(15)25(17)10-18(26)23-13-6-8-14(9-7-13)27-12-19(20,21)22/h2-9H,10-12H2,1H3,(H,23,26). The van der Waals surface area contributed by atoms with Gasteiger partial charge in [0, 0.05) is 5.69 Å². The number of amides is 1. The fourth-order valence-electron chi connectivity index (χ4n) is 2.68. The molecule has 0 saturated carbocycles. The van der Waals surface area contributed by atoms with Crippen molar-refractivity contribution in [3.8, 4) is 5.75 Å². The summed E-state index contributed by atoms with van der Waals surface area (Å²) >= 11 is 1.61. The molecule has 0 aliphatic rings. The third kappa shape index (κ3) is 5.19. The van der Waals surface area contributed by atoms with Crippen LogP contribution in [0.3, 0.4) is 0 Å². The second-order valence-electron chi connectivity index (χ2n) is 6.01. The van der Waals surface area contributed by atoms with E-state index in [1.54, 1.807) is 11.8 Å². The van der Waals surface area contributed by atoms with Crippen molar-refractivity contribution in [3.63, 3.8) is 0 Å².